The maximum atomic E-state index is 3.50. The van der Waals surface area contributed by atoms with Crippen LogP contribution in [-0.4, -0.2) is 24.5 Å². The fourth-order valence-corrected chi connectivity index (χ4v) is 3.31. The van der Waals surface area contributed by atoms with Crippen molar-refractivity contribution in [1.29, 1.82) is 0 Å². The largest absolute Gasteiger partial charge is 0.303 e. The highest BCUT2D eigenvalue weighted by atomic mass is 79.9. The molecule has 0 aromatic heterocycles. The van der Waals surface area contributed by atoms with Crippen molar-refractivity contribution in [2.75, 3.05) is 19.6 Å². The fraction of sp³-hybridized carbons (Fsp3) is 0.600. The van der Waals surface area contributed by atoms with Crippen LogP contribution in [0.3, 0.4) is 0 Å². The van der Waals surface area contributed by atoms with E-state index < -0.39 is 0 Å². The molecule has 0 unspecified atom stereocenters. The van der Waals surface area contributed by atoms with Gasteiger partial charge < -0.3 is 4.90 Å². The van der Waals surface area contributed by atoms with Gasteiger partial charge in [0.25, 0.3) is 0 Å². The molecule has 17 heavy (non-hydrogen) atoms. The van der Waals surface area contributed by atoms with Gasteiger partial charge in [0.05, 0.1) is 0 Å². The van der Waals surface area contributed by atoms with Gasteiger partial charge in [-0.05, 0) is 61.9 Å². The number of likely N-dealkylation sites (tertiary alicyclic amines) is 1. The second-order valence-electron chi connectivity index (χ2n) is 5.52. The molecule has 1 aromatic carbocycles. The molecule has 2 fully saturated rings. The van der Waals surface area contributed by atoms with Gasteiger partial charge in [0.15, 0.2) is 0 Å². The van der Waals surface area contributed by atoms with Gasteiger partial charge in [-0.3, -0.25) is 0 Å². The van der Waals surface area contributed by atoms with Crippen LogP contribution in [0.2, 0.25) is 0 Å². The number of rotatable bonds is 3. The van der Waals surface area contributed by atoms with Crippen molar-refractivity contribution in [2.24, 2.45) is 5.92 Å². The van der Waals surface area contributed by atoms with Crippen molar-refractivity contribution in [2.45, 2.75) is 31.6 Å². The summed E-state index contributed by atoms with van der Waals surface area (Å²) >= 11 is 3.50. The highest BCUT2D eigenvalue weighted by Gasteiger charge is 2.39. The van der Waals surface area contributed by atoms with Gasteiger partial charge in [-0.15, -0.1) is 0 Å². The van der Waals surface area contributed by atoms with Gasteiger partial charge >= 0.3 is 0 Å². The molecule has 3 rings (SSSR count). The molecule has 92 valence electrons. The number of benzene rings is 1. The second-order valence-corrected chi connectivity index (χ2v) is 6.43. The normalized spacial score (nSPS) is 29.2. The molecular formula is C15H20BrN. The Bertz CT molecular complexity index is 367. The zero-order valence-electron chi connectivity index (χ0n) is 10.2. The van der Waals surface area contributed by atoms with Crippen LogP contribution in [0.25, 0.3) is 0 Å². The lowest BCUT2D eigenvalue weighted by Crippen LogP contribution is -2.31. The minimum atomic E-state index is 0.838. The Balaban J connectivity index is 1.53. The Kier molecular flexibility index (Phi) is 3.53. The smallest absolute Gasteiger partial charge is 0.0175 e. The third kappa shape index (κ3) is 2.92. The number of piperidine rings is 1. The molecule has 1 aliphatic heterocycles. The Morgan fingerprint density at radius 3 is 2.47 bits per heavy atom. The average Bonchev–Trinajstić information content (AvgIpc) is 3.11. The summed E-state index contributed by atoms with van der Waals surface area (Å²) in [5, 5.41) is 0. The number of halogens is 1. The van der Waals surface area contributed by atoms with Crippen molar-refractivity contribution in [3.63, 3.8) is 0 Å². The number of hydrogen-bond acceptors (Lipinski definition) is 1. The third-order valence-electron chi connectivity index (χ3n) is 4.16. The van der Waals surface area contributed by atoms with Crippen LogP contribution in [0.1, 0.15) is 37.2 Å². The summed E-state index contributed by atoms with van der Waals surface area (Å²) in [4.78, 5) is 2.67. The second kappa shape index (κ2) is 5.11. The molecule has 1 heterocycles. The van der Waals surface area contributed by atoms with Crippen molar-refractivity contribution < 1.29 is 0 Å². The zero-order valence-corrected chi connectivity index (χ0v) is 11.8. The fourth-order valence-electron chi connectivity index (χ4n) is 3.04. The van der Waals surface area contributed by atoms with Gasteiger partial charge in [-0.2, -0.15) is 0 Å². The van der Waals surface area contributed by atoms with E-state index in [0.717, 1.165) is 11.8 Å². The molecule has 1 saturated heterocycles. The molecule has 2 atom stereocenters. The monoisotopic (exact) mass is 293 g/mol. The molecule has 2 heteroatoms. The van der Waals surface area contributed by atoms with E-state index in [1.807, 2.05) is 0 Å². The van der Waals surface area contributed by atoms with Crippen molar-refractivity contribution in [3.05, 3.63) is 34.3 Å². The SMILES string of the molecule is Brc1ccc([C@@H]2C[C@@H]2CN2CCCCC2)cc1. The molecule has 0 spiro atoms. The van der Waals surface area contributed by atoms with Crippen LogP contribution in [0.4, 0.5) is 0 Å². The summed E-state index contributed by atoms with van der Waals surface area (Å²) in [6, 6.07) is 8.91. The van der Waals surface area contributed by atoms with Crippen molar-refractivity contribution >= 4 is 15.9 Å². The van der Waals surface area contributed by atoms with Crippen molar-refractivity contribution in [1.82, 2.24) is 4.90 Å². The maximum Gasteiger partial charge on any atom is 0.0175 e. The van der Waals surface area contributed by atoms with E-state index >= 15 is 0 Å². The van der Waals surface area contributed by atoms with Crippen LogP contribution < -0.4 is 0 Å². The summed E-state index contributed by atoms with van der Waals surface area (Å²) in [6.07, 6.45) is 5.67. The lowest BCUT2D eigenvalue weighted by Gasteiger charge is -2.26. The van der Waals surface area contributed by atoms with E-state index in [-0.39, 0.29) is 0 Å². The lowest BCUT2D eigenvalue weighted by atomic mass is 10.1. The van der Waals surface area contributed by atoms with Crippen molar-refractivity contribution in [3.8, 4) is 0 Å². The van der Waals surface area contributed by atoms with Gasteiger partial charge in [0.1, 0.15) is 0 Å². The minimum absolute atomic E-state index is 0.838. The lowest BCUT2D eigenvalue weighted by molar-refractivity contribution is 0.219. The predicted octanol–water partition coefficient (Wildman–Crippen LogP) is 4.04. The van der Waals surface area contributed by atoms with E-state index in [1.54, 1.807) is 0 Å². The molecule has 1 saturated carbocycles. The highest BCUT2D eigenvalue weighted by Crippen LogP contribution is 2.48. The Morgan fingerprint density at radius 1 is 1.06 bits per heavy atom. The molecule has 2 aliphatic rings. The molecule has 0 bridgehead atoms. The summed E-state index contributed by atoms with van der Waals surface area (Å²) in [5.41, 5.74) is 1.54. The summed E-state index contributed by atoms with van der Waals surface area (Å²) in [7, 11) is 0. The predicted molar refractivity (Wildman–Crippen MR) is 75.3 cm³/mol. The first-order chi connectivity index (χ1) is 8.33. The third-order valence-corrected chi connectivity index (χ3v) is 4.69. The van der Waals surface area contributed by atoms with Gasteiger partial charge in [-0.1, -0.05) is 34.5 Å². The minimum Gasteiger partial charge on any atom is -0.303 e. The molecule has 0 N–H and O–H groups in total. The summed E-state index contributed by atoms with van der Waals surface area (Å²) < 4.78 is 1.19. The van der Waals surface area contributed by atoms with Crippen LogP contribution >= 0.6 is 15.9 Å². The zero-order chi connectivity index (χ0) is 11.7. The van der Waals surface area contributed by atoms with Crippen LogP contribution in [0.15, 0.2) is 28.7 Å². The van der Waals surface area contributed by atoms with Gasteiger partial charge in [0, 0.05) is 11.0 Å². The summed E-state index contributed by atoms with van der Waals surface area (Å²) in [6.45, 7) is 4.01. The molecule has 1 aromatic rings. The van der Waals surface area contributed by atoms with E-state index in [1.165, 1.54) is 55.4 Å². The van der Waals surface area contributed by atoms with Gasteiger partial charge in [-0.25, -0.2) is 0 Å². The molecule has 1 aliphatic carbocycles. The Labute approximate surface area is 112 Å². The molecule has 1 nitrogen and oxygen atoms in total. The number of hydrogen-bond donors (Lipinski definition) is 0. The van der Waals surface area contributed by atoms with E-state index in [0.29, 0.717) is 0 Å². The van der Waals surface area contributed by atoms with Crippen LogP contribution in [0, 0.1) is 5.92 Å². The first kappa shape index (κ1) is 11.7. The van der Waals surface area contributed by atoms with Gasteiger partial charge in [0.2, 0.25) is 0 Å². The molecule has 0 radical (unpaired) electrons. The van der Waals surface area contributed by atoms with E-state index in [2.05, 4.69) is 45.1 Å². The first-order valence-corrected chi connectivity index (χ1v) is 7.60. The van der Waals surface area contributed by atoms with E-state index in [9.17, 15) is 0 Å². The quantitative estimate of drug-likeness (QED) is 0.813. The van der Waals surface area contributed by atoms with Crippen LogP contribution in [0.5, 0.6) is 0 Å². The molecule has 0 amide bonds. The Hall–Kier alpha value is -0.340. The topological polar surface area (TPSA) is 3.24 Å². The summed E-state index contributed by atoms with van der Waals surface area (Å²) in [5.74, 6) is 1.76. The standard InChI is InChI=1S/C15H20BrN/c16-14-6-4-12(5-7-14)15-10-13(15)11-17-8-2-1-3-9-17/h4-7,13,15H,1-3,8-11H2/t13-,15+/m1/s1. The highest BCUT2D eigenvalue weighted by molar-refractivity contribution is 9.10. The molecular weight excluding hydrogens is 274 g/mol. The average molecular weight is 294 g/mol. The van der Waals surface area contributed by atoms with E-state index in [4.69, 9.17) is 0 Å². The van der Waals surface area contributed by atoms with Crippen LogP contribution in [-0.2, 0) is 0 Å². The Morgan fingerprint density at radius 2 is 1.76 bits per heavy atom. The first-order valence-electron chi connectivity index (χ1n) is 6.81. The number of nitrogens with zero attached hydrogens (tertiary/aromatic N) is 1. The maximum absolute atomic E-state index is 3.50.